The Balaban J connectivity index is 2.85. The monoisotopic (exact) mass is 162 g/mol. The number of nitrogens with zero attached hydrogens (tertiary/aromatic N) is 1. The van der Waals surface area contributed by atoms with Gasteiger partial charge in [0.1, 0.15) is 0 Å². The molecule has 0 aliphatic heterocycles. The minimum absolute atomic E-state index is 0.570. The van der Waals surface area contributed by atoms with Crippen molar-refractivity contribution in [3.05, 3.63) is 29.8 Å². The predicted octanol–water partition coefficient (Wildman–Crippen LogP) is 2.43. The van der Waals surface area contributed by atoms with Gasteiger partial charge < -0.3 is 5.73 Å². The van der Waals surface area contributed by atoms with Gasteiger partial charge in [-0.05, 0) is 23.6 Å². The quantitative estimate of drug-likeness (QED) is 0.526. The third kappa shape index (κ3) is 2.09. The molecule has 2 N–H and O–H groups in total. The van der Waals surface area contributed by atoms with Crippen molar-refractivity contribution in [3.63, 3.8) is 0 Å². The Hall–Kier alpha value is -1.31. The van der Waals surface area contributed by atoms with Crippen LogP contribution in [-0.2, 0) is 0 Å². The lowest BCUT2D eigenvalue weighted by molar-refractivity contribution is 0.867. The van der Waals surface area contributed by atoms with E-state index < -0.39 is 0 Å². The standard InChI is InChI=1S/C10H14N2/c1-8(2)9-3-5-10(6-4-9)12-7-11/h3-8H,1-2H3,(H2,11,12). The van der Waals surface area contributed by atoms with Crippen LogP contribution in [0.4, 0.5) is 5.69 Å². The van der Waals surface area contributed by atoms with Gasteiger partial charge in [0.25, 0.3) is 0 Å². The molecule has 0 bridgehead atoms. The highest BCUT2D eigenvalue weighted by Gasteiger charge is 1.96. The van der Waals surface area contributed by atoms with E-state index in [4.69, 9.17) is 5.73 Å². The molecule has 0 saturated carbocycles. The summed E-state index contributed by atoms with van der Waals surface area (Å²) in [7, 11) is 0. The number of rotatable bonds is 2. The SMILES string of the molecule is CC(C)c1ccc(N=CN)cc1. The first-order valence-electron chi connectivity index (χ1n) is 4.08. The zero-order valence-electron chi connectivity index (χ0n) is 7.49. The molecular weight excluding hydrogens is 148 g/mol. The van der Waals surface area contributed by atoms with Crippen LogP contribution in [0, 0.1) is 0 Å². The average Bonchev–Trinajstić information content (AvgIpc) is 2.06. The predicted molar refractivity (Wildman–Crippen MR) is 52.9 cm³/mol. The lowest BCUT2D eigenvalue weighted by atomic mass is 10.0. The minimum Gasteiger partial charge on any atom is -0.390 e. The molecule has 0 radical (unpaired) electrons. The smallest absolute Gasteiger partial charge is 0.0860 e. The van der Waals surface area contributed by atoms with Gasteiger partial charge in [0, 0.05) is 0 Å². The van der Waals surface area contributed by atoms with Crippen LogP contribution in [0.25, 0.3) is 0 Å². The number of nitrogens with two attached hydrogens (primary N) is 1. The van der Waals surface area contributed by atoms with Gasteiger partial charge in [-0.25, -0.2) is 4.99 Å². The molecule has 2 heteroatoms. The summed E-state index contributed by atoms with van der Waals surface area (Å²) in [5, 5.41) is 0. The summed E-state index contributed by atoms with van der Waals surface area (Å²) in [4.78, 5) is 3.96. The molecule has 0 atom stereocenters. The fraction of sp³-hybridized carbons (Fsp3) is 0.300. The van der Waals surface area contributed by atoms with Crippen LogP contribution in [0.1, 0.15) is 25.3 Å². The molecular formula is C10H14N2. The molecule has 0 fully saturated rings. The number of hydrogen-bond donors (Lipinski definition) is 1. The zero-order chi connectivity index (χ0) is 8.97. The van der Waals surface area contributed by atoms with E-state index in [9.17, 15) is 0 Å². The van der Waals surface area contributed by atoms with E-state index in [2.05, 4.69) is 31.0 Å². The fourth-order valence-electron chi connectivity index (χ4n) is 1.03. The van der Waals surface area contributed by atoms with E-state index in [1.54, 1.807) is 0 Å². The highest BCUT2D eigenvalue weighted by atomic mass is 14.8. The van der Waals surface area contributed by atoms with Gasteiger partial charge in [-0.1, -0.05) is 26.0 Å². The van der Waals surface area contributed by atoms with Gasteiger partial charge in [0.15, 0.2) is 0 Å². The van der Waals surface area contributed by atoms with Crippen molar-refractivity contribution in [3.8, 4) is 0 Å². The summed E-state index contributed by atoms with van der Waals surface area (Å²) < 4.78 is 0. The van der Waals surface area contributed by atoms with Crippen molar-refractivity contribution in [2.45, 2.75) is 19.8 Å². The molecule has 0 unspecified atom stereocenters. The normalized spacial score (nSPS) is 11.2. The summed E-state index contributed by atoms with van der Waals surface area (Å²) in [5.74, 6) is 0.570. The summed E-state index contributed by atoms with van der Waals surface area (Å²) in [6.45, 7) is 4.34. The first-order valence-corrected chi connectivity index (χ1v) is 4.08. The Morgan fingerprint density at radius 3 is 2.25 bits per heavy atom. The van der Waals surface area contributed by atoms with Crippen molar-refractivity contribution in [1.29, 1.82) is 0 Å². The molecule has 0 aliphatic rings. The summed E-state index contributed by atoms with van der Waals surface area (Å²) >= 11 is 0. The lowest BCUT2D eigenvalue weighted by Gasteiger charge is -2.03. The second-order valence-corrected chi connectivity index (χ2v) is 3.02. The molecule has 0 aliphatic carbocycles. The highest BCUT2D eigenvalue weighted by molar-refractivity contribution is 5.58. The molecule has 12 heavy (non-hydrogen) atoms. The van der Waals surface area contributed by atoms with Crippen LogP contribution in [-0.4, -0.2) is 6.34 Å². The number of benzene rings is 1. The third-order valence-corrected chi connectivity index (χ3v) is 1.78. The second-order valence-electron chi connectivity index (χ2n) is 3.02. The van der Waals surface area contributed by atoms with Gasteiger partial charge in [0.2, 0.25) is 0 Å². The van der Waals surface area contributed by atoms with Gasteiger partial charge in [-0.2, -0.15) is 0 Å². The van der Waals surface area contributed by atoms with Gasteiger partial charge >= 0.3 is 0 Å². The Morgan fingerprint density at radius 1 is 1.25 bits per heavy atom. The third-order valence-electron chi connectivity index (χ3n) is 1.78. The van der Waals surface area contributed by atoms with Gasteiger partial charge in [0.05, 0.1) is 12.0 Å². The van der Waals surface area contributed by atoms with Crippen LogP contribution in [0.3, 0.4) is 0 Å². The molecule has 0 spiro atoms. The maximum Gasteiger partial charge on any atom is 0.0860 e. The van der Waals surface area contributed by atoms with E-state index in [0.29, 0.717) is 5.92 Å². The van der Waals surface area contributed by atoms with Gasteiger partial charge in [-0.15, -0.1) is 0 Å². The molecule has 0 saturated heterocycles. The molecule has 1 rings (SSSR count). The zero-order valence-corrected chi connectivity index (χ0v) is 7.49. The Labute approximate surface area is 73.1 Å². The molecule has 0 heterocycles. The summed E-state index contributed by atoms with van der Waals surface area (Å²) in [5.41, 5.74) is 7.40. The van der Waals surface area contributed by atoms with Crippen LogP contribution >= 0.6 is 0 Å². The topological polar surface area (TPSA) is 38.4 Å². The van der Waals surface area contributed by atoms with E-state index in [1.165, 1.54) is 11.9 Å². The van der Waals surface area contributed by atoms with E-state index in [0.717, 1.165) is 5.69 Å². The largest absolute Gasteiger partial charge is 0.390 e. The summed E-state index contributed by atoms with van der Waals surface area (Å²) in [6.07, 6.45) is 1.31. The van der Waals surface area contributed by atoms with Crippen LogP contribution in [0.5, 0.6) is 0 Å². The first-order chi connectivity index (χ1) is 5.74. The Morgan fingerprint density at radius 2 is 1.83 bits per heavy atom. The van der Waals surface area contributed by atoms with Crippen molar-refractivity contribution >= 4 is 12.0 Å². The van der Waals surface area contributed by atoms with Crippen LogP contribution < -0.4 is 5.73 Å². The maximum absolute atomic E-state index is 5.17. The maximum atomic E-state index is 5.17. The first kappa shape index (κ1) is 8.78. The van der Waals surface area contributed by atoms with E-state index in [1.807, 2.05) is 12.1 Å². The van der Waals surface area contributed by atoms with Crippen molar-refractivity contribution < 1.29 is 0 Å². The number of hydrogen-bond acceptors (Lipinski definition) is 1. The molecule has 2 nitrogen and oxygen atoms in total. The van der Waals surface area contributed by atoms with Crippen molar-refractivity contribution in [2.24, 2.45) is 10.7 Å². The number of aliphatic imine (C=N–C) groups is 1. The Bertz CT molecular complexity index is 260. The van der Waals surface area contributed by atoms with Gasteiger partial charge in [-0.3, -0.25) is 0 Å². The molecule has 1 aromatic rings. The lowest BCUT2D eigenvalue weighted by Crippen LogP contribution is -1.87. The van der Waals surface area contributed by atoms with Crippen LogP contribution in [0.2, 0.25) is 0 Å². The van der Waals surface area contributed by atoms with E-state index >= 15 is 0 Å². The molecule has 0 amide bonds. The Kier molecular flexibility index (Phi) is 2.86. The van der Waals surface area contributed by atoms with Crippen molar-refractivity contribution in [1.82, 2.24) is 0 Å². The molecule has 64 valence electrons. The van der Waals surface area contributed by atoms with Crippen molar-refractivity contribution in [2.75, 3.05) is 0 Å². The molecule has 1 aromatic carbocycles. The minimum atomic E-state index is 0.570. The molecule has 0 aromatic heterocycles. The summed E-state index contributed by atoms with van der Waals surface area (Å²) in [6, 6.07) is 8.09. The van der Waals surface area contributed by atoms with Crippen LogP contribution in [0.15, 0.2) is 29.3 Å². The second kappa shape index (κ2) is 3.90. The average molecular weight is 162 g/mol. The van der Waals surface area contributed by atoms with E-state index in [-0.39, 0.29) is 0 Å². The highest BCUT2D eigenvalue weighted by Crippen LogP contribution is 2.18. The fourth-order valence-corrected chi connectivity index (χ4v) is 1.03.